The minimum Gasteiger partial charge on any atom is -0.387 e. The predicted octanol–water partition coefficient (Wildman–Crippen LogP) is 1.18. The quantitative estimate of drug-likeness (QED) is 0.765. The number of hydrogen-bond donors (Lipinski definition) is 1. The fourth-order valence-corrected chi connectivity index (χ4v) is 3.07. The molecule has 3 rings (SSSR count). The maximum Gasteiger partial charge on any atom is 0.190 e. The van der Waals surface area contributed by atoms with Crippen molar-refractivity contribution in [2.24, 2.45) is 0 Å². The molecule has 0 radical (unpaired) electrons. The van der Waals surface area contributed by atoms with E-state index in [1.54, 1.807) is 0 Å². The first kappa shape index (κ1) is 12.8. The van der Waals surface area contributed by atoms with E-state index in [1.165, 1.54) is 0 Å². The fraction of sp³-hybridized carbons (Fsp3) is 1.00. The molecule has 104 valence electrons. The largest absolute Gasteiger partial charge is 0.387 e. The van der Waals surface area contributed by atoms with Gasteiger partial charge in [0.25, 0.3) is 0 Å². The van der Waals surface area contributed by atoms with Crippen molar-refractivity contribution in [1.29, 1.82) is 0 Å². The van der Waals surface area contributed by atoms with E-state index in [-0.39, 0.29) is 17.8 Å². The van der Waals surface area contributed by atoms with Gasteiger partial charge in [-0.25, -0.2) is 0 Å². The molecule has 0 bridgehead atoms. The molecule has 5 unspecified atom stereocenters. The Balaban J connectivity index is 1.68. The van der Waals surface area contributed by atoms with Gasteiger partial charge in [0.05, 0.1) is 11.7 Å². The molecule has 5 heteroatoms. The number of aliphatic hydroxyl groups is 1. The Morgan fingerprint density at radius 3 is 2.28 bits per heavy atom. The number of aliphatic hydroxyl groups excluding tert-OH is 1. The van der Waals surface area contributed by atoms with Crippen LogP contribution >= 0.6 is 0 Å². The first-order valence-corrected chi connectivity index (χ1v) is 6.64. The van der Waals surface area contributed by atoms with Crippen LogP contribution < -0.4 is 0 Å². The highest BCUT2D eigenvalue weighted by atomic mass is 16.8. The highest BCUT2D eigenvalue weighted by molar-refractivity contribution is 4.98. The van der Waals surface area contributed by atoms with Crippen LogP contribution in [0.3, 0.4) is 0 Å². The van der Waals surface area contributed by atoms with Gasteiger partial charge in [-0.05, 0) is 40.5 Å². The number of hydrogen-bond acceptors (Lipinski definition) is 5. The van der Waals surface area contributed by atoms with Gasteiger partial charge in [-0.15, -0.1) is 0 Å². The van der Waals surface area contributed by atoms with Gasteiger partial charge in [0.1, 0.15) is 18.3 Å². The van der Waals surface area contributed by atoms with Crippen molar-refractivity contribution >= 4 is 0 Å². The summed E-state index contributed by atoms with van der Waals surface area (Å²) in [6, 6.07) is 0. The van der Waals surface area contributed by atoms with Crippen LogP contribution in [0.4, 0.5) is 0 Å². The third-order valence-electron chi connectivity index (χ3n) is 3.92. The Morgan fingerprint density at radius 2 is 1.72 bits per heavy atom. The van der Waals surface area contributed by atoms with Gasteiger partial charge in [-0.1, -0.05) is 0 Å². The molecule has 5 nitrogen and oxygen atoms in total. The monoisotopic (exact) mass is 258 g/mol. The van der Waals surface area contributed by atoms with Crippen molar-refractivity contribution in [3.8, 4) is 0 Å². The van der Waals surface area contributed by atoms with Crippen molar-refractivity contribution < 1.29 is 24.1 Å². The molecule has 3 heterocycles. The second-order valence-corrected chi connectivity index (χ2v) is 6.51. The molecule has 3 saturated heterocycles. The summed E-state index contributed by atoms with van der Waals surface area (Å²) >= 11 is 0. The minimum absolute atomic E-state index is 0.0732. The van der Waals surface area contributed by atoms with Gasteiger partial charge in [0, 0.05) is 0 Å². The lowest BCUT2D eigenvalue weighted by Gasteiger charge is -2.27. The van der Waals surface area contributed by atoms with E-state index >= 15 is 0 Å². The molecule has 0 spiro atoms. The van der Waals surface area contributed by atoms with Crippen molar-refractivity contribution in [2.75, 3.05) is 0 Å². The Bertz CT molecular complexity index is 340. The second-order valence-electron chi connectivity index (χ2n) is 6.51. The summed E-state index contributed by atoms with van der Waals surface area (Å²) in [6.07, 6.45) is -0.112. The maximum absolute atomic E-state index is 10.3. The van der Waals surface area contributed by atoms with Gasteiger partial charge in [0.2, 0.25) is 0 Å². The molecule has 5 atom stereocenters. The summed E-state index contributed by atoms with van der Waals surface area (Å²) in [5.74, 6) is -0.683. The van der Waals surface area contributed by atoms with E-state index in [2.05, 4.69) is 13.8 Å². The zero-order chi connectivity index (χ0) is 13.1. The molecule has 0 amide bonds. The highest BCUT2D eigenvalue weighted by Gasteiger charge is 2.57. The summed E-state index contributed by atoms with van der Waals surface area (Å²) in [4.78, 5) is 0. The lowest BCUT2D eigenvalue weighted by molar-refractivity contribution is -0.230. The molecule has 0 saturated carbocycles. The Hall–Kier alpha value is -0.200. The standard InChI is InChI=1S/C13H22O5/c1-12(2)6-5-7(16-12)9-8(14)10-11(15-9)18-13(3,4)17-10/h7-11,14H,5-6H2,1-4H3. The van der Waals surface area contributed by atoms with E-state index in [4.69, 9.17) is 18.9 Å². The van der Waals surface area contributed by atoms with E-state index in [9.17, 15) is 5.11 Å². The fourth-order valence-electron chi connectivity index (χ4n) is 3.07. The van der Waals surface area contributed by atoms with Crippen molar-refractivity contribution in [2.45, 2.75) is 82.6 Å². The van der Waals surface area contributed by atoms with Crippen LogP contribution in [0.2, 0.25) is 0 Å². The predicted molar refractivity (Wildman–Crippen MR) is 62.9 cm³/mol. The third-order valence-corrected chi connectivity index (χ3v) is 3.92. The summed E-state index contributed by atoms with van der Waals surface area (Å²) < 4.78 is 23.0. The zero-order valence-corrected chi connectivity index (χ0v) is 11.4. The van der Waals surface area contributed by atoms with E-state index in [1.807, 2.05) is 13.8 Å². The lowest BCUT2D eigenvalue weighted by atomic mass is 10.0. The van der Waals surface area contributed by atoms with Gasteiger partial charge < -0.3 is 24.1 Å². The maximum atomic E-state index is 10.3. The average molecular weight is 258 g/mol. The van der Waals surface area contributed by atoms with Gasteiger partial charge in [-0.3, -0.25) is 0 Å². The van der Waals surface area contributed by atoms with Crippen molar-refractivity contribution in [3.05, 3.63) is 0 Å². The Labute approximate surface area is 107 Å². The highest BCUT2D eigenvalue weighted by Crippen LogP contribution is 2.42. The van der Waals surface area contributed by atoms with Gasteiger partial charge in [0.15, 0.2) is 12.1 Å². The second kappa shape index (κ2) is 3.90. The molecule has 3 aliphatic heterocycles. The lowest BCUT2D eigenvalue weighted by Crippen LogP contribution is -2.41. The molecule has 3 fully saturated rings. The SMILES string of the molecule is CC1(C)CCC(C2OC3OC(C)(C)OC3C2O)O1. The zero-order valence-electron chi connectivity index (χ0n) is 11.4. The molecule has 0 aromatic heterocycles. The normalized spacial score (nSPS) is 49.5. The smallest absolute Gasteiger partial charge is 0.190 e. The van der Waals surface area contributed by atoms with E-state index in [0.29, 0.717) is 0 Å². The number of ether oxygens (including phenoxy) is 4. The Morgan fingerprint density at radius 1 is 1.00 bits per heavy atom. The molecule has 0 aromatic carbocycles. The summed E-state index contributed by atoms with van der Waals surface area (Å²) in [7, 11) is 0. The summed E-state index contributed by atoms with van der Waals surface area (Å²) in [5, 5.41) is 10.3. The van der Waals surface area contributed by atoms with Crippen LogP contribution in [0.15, 0.2) is 0 Å². The van der Waals surface area contributed by atoms with Crippen LogP contribution in [0.1, 0.15) is 40.5 Å². The molecule has 3 aliphatic rings. The van der Waals surface area contributed by atoms with Gasteiger partial charge in [-0.2, -0.15) is 0 Å². The van der Waals surface area contributed by atoms with E-state index in [0.717, 1.165) is 12.8 Å². The molecule has 18 heavy (non-hydrogen) atoms. The van der Waals surface area contributed by atoms with Crippen LogP contribution in [-0.2, 0) is 18.9 Å². The minimum atomic E-state index is -0.685. The summed E-state index contributed by atoms with van der Waals surface area (Å²) in [5.41, 5.74) is -0.133. The molecule has 1 N–H and O–H groups in total. The topological polar surface area (TPSA) is 57.2 Å². The molecule has 0 aliphatic carbocycles. The van der Waals surface area contributed by atoms with E-state index < -0.39 is 24.3 Å². The van der Waals surface area contributed by atoms with Crippen LogP contribution in [0, 0.1) is 0 Å². The first-order chi connectivity index (χ1) is 8.27. The summed E-state index contributed by atoms with van der Waals surface area (Å²) in [6.45, 7) is 7.77. The van der Waals surface area contributed by atoms with Crippen molar-refractivity contribution in [1.82, 2.24) is 0 Å². The Kier molecular flexibility index (Phi) is 2.78. The number of fused-ring (bicyclic) bond motifs is 1. The van der Waals surface area contributed by atoms with Crippen molar-refractivity contribution in [3.63, 3.8) is 0 Å². The average Bonchev–Trinajstić information content (AvgIpc) is 2.81. The third kappa shape index (κ3) is 2.08. The molecule has 0 aromatic rings. The number of rotatable bonds is 1. The van der Waals surface area contributed by atoms with Crippen LogP contribution in [-0.4, -0.2) is 47.2 Å². The first-order valence-electron chi connectivity index (χ1n) is 6.64. The van der Waals surface area contributed by atoms with Gasteiger partial charge >= 0.3 is 0 Å². The van der Waals surface area contributed by atoms with Crippen LogP contribution in [0.5, 0.6) is 0 Å². The molecular formula is C13H22O5. The molecular weight excluding hydrogens is 236 g/mol. The van der Waals surface area contributed by atoms with Crippen LogP contribution in [0.25, 0.3) is 0 Å².